The predicted octanol–water partition coefficient (Wildman–Crippen LogP) is 3.90. The van der Waals surface area contributed by atoms with Gasteiger partial charge in [-0.05, 0) is 24.6 Å². The van der Waals surface area contributed by atoms with Crippen LogP contribution in [0.4, 0.5) is 5.82 Å². The fourth-order valence-corrected chi connectivity index (χ4v) is 1.85. The zero-order valence-electron chi connectivity index (χ0n) is 12.8. The molecular formula is C16H20ClN3O. The molecule has 0 amide bonds. The topological polar surface area (TPSA) is 61.0 Å². The van der Waals surface area contributed by atoms with Crippen LogP contribution in [-0.4, -0.2) is 9.97 Å². The van der Waals surface area contributed by atoms with Crippen molar-refractivity contribution in [2.24, 2.45) is 0 Å². The highest BCUT2D eigenvalue weighted by atomic mass is 35.5. The van der Waals surface area contributed by atoms with Crippen LogP contribution in [0.1, 0.15) is 37.7 Å². The van der Waals surface area contributed by atoms with E-state index in [-0.39, 0.29) is 5.41 Å². The number of ether oxygens (including phenoxy) is 1. The summed E-state index contributed by atoms with van der Waals surface area (Å²) in [5.41, 5.74) is 7.56. The highest BCUT2D eigenvalue weighted by molar-refractivity contribution is 6.30. The average Bonchev–Trinajstić information content (AvgIpc) is 2.41. The van der Waals surface area contributed by atoms with Gasteiger partial charge >= 0.3 is 0 Å². The van der Waals surface area contributed by atoms with Crippen molar-refractivity contribution < 1.29 is 4.74 Å². The summed E-state index contributed by atoms with van der Waals surface area (Å²) in [6.45, 7) is 8.40. The van der Waals surface area contributed by atoms with Crippen molar-refractivity contribution in [1.29, 1.82) is 0 Å². The van der Waals surface area contributed by atoms with E-state index in [1.807, 2.05) is 52.0 Å². The van der Waals surface area contributed by atoms with Gasteiger partial charge in [0.05, 0.1) is 5.56 Å². The summed E-state index contributed by atoms with van der Waals surface area (Å²) in [7, 11) is 0. The molecule has 2 aromatic rings. The van der Waals surface area contributed by atoms with Gasteiger partial charge in [-0.3, -0.25) is 0 Å². The molecule has 0 bridgehead atoms. The van der Waals surface area contributed by atoms with Crippen LogP contribution in [0.2, 0.25) is 5.02 Å². The molecule has 0 aliphatic rings. The molecule has 5 heteroatoms. The molecule has 2 rings (SSSR count). The highest BCUT2D eigenvalue weighted by Gasteiger charge is 2.21. The monoisotopic (exact) mass is 305 g/mol. The normalized spacial score (nSPS) is 11.5. The molecule has 2 N–H and O–H groups in total. The molecule has 0 aliphatic heterocycles. The lowest BCUT2D eigenvalue weighted by Gasteiger charge is -2.19. The van der Waals surface area contributed by atoms with Crippen molar-refractivity contribution in [1.82, 2.24) is 9.97 Å². The van der Waals surface area contributed by atoms with Crippen LogP contribution in [0.15, 0.2) is 24.3 Å². The van der Waals surface area contributed by atoms with E-state index in [9.17, 15) is 0 Å². The van der Waals surface area contributed by atoms with Crippen molar-refractivity contribution in [3.05, 3.63) is 46.2 Å². The number of aromatic nitrogens is 2. The predicted molar refractivity (Wildman–Crippen MR) is 85.7 cm³/mol. The molecule has 1 aromatic heterocycles. The lowest BCUT2D eigenvalue weighted by atomic mass is 9.95. The first kappa shape index (κ1) is 15.6. The van der Waals surface area contributed by atoms with Crippen molar-refractivity contribution in [2.45, 2.75) is 39.7 Å². The number of anilines is 1. The van der Waals surface area contributed by atoms with Gasteiger partial charge in [-0.1, -0.05) is 44.5 Å². The fourth-order valence-electron chi connectivity index (χ4n) is 1.72. The Morgan fingerprint density at radius 2 is 1.76 bits per heavy atom. The molecule has 0 aliphatic carbocycles. The first-order chi connectivity index (χ1) is 9.77. The summed E-state index contributed by atoms with van der Waals surface area (Å²) in [4.78, 5) is 8.84. The largest absolute Gasteiger partial charge is 0.472 e. The van der Waals surface area contributed by atoms with Crippen LogP contribution in [0, 0.1) is 6.92 Å². The van der Waals surface area contributed by atoms with E-state index in [0.29, 0.717) is 29.2 Å². The minimum atomic E-state index is -0.180. The minimum absolute atomic E-state index is 0.180. The van der Waals surface area contributed by atoms with E-state index in [0.717, 1.165) is 11.1 Å². The number of hydrogen-bond donors (Lipinski definition) is 1. The lowest BCUT2D eigenvalue weighted by Crippen LogP contribution is -2.18. The summed E-state index contributed by atoms with van der Waals surface area (Å²) in [5, 5.41) is 0.705. The summed E-state index contributed by atoms with van der Waals surface area (Å²) < 4.78 is 5.81. The van der Waals surface area contributed by atoms with E-state index >= 15 is 0 Å². The van der Waals surface area contributed by atoms with E-state index in [1.165, 1.54) is 0 Å². The SMILES string of the molecule is Cc1c(N)nc(C(C)(C)C)nc1OCc1ccc(Cl)cc1. The molecular weight excluding hydrogens is 286 g/mol. The molecule has 0 fully saturated rings. The summed E-state index contributed by atoms with van der Waals surface area (Å²) in [6.07, 6.45) is 0. The molecule has 0 radical (unpaired) electrons. The Balaban J connectivity index is 2.23. The lowest BCUT2D eigenvalue weighted by molar-refractivity contribution is 0.288. The standard InChI is InChI=1S/C16H20ClN3O/c1-10-13(18)19-15(16(2,3)4)20-14(10)21-9-11-5-7-12(17)8-6-11/h5-8H,9H2,1-4H3,(H2,18,19,20). The number of nitrogens with two attached hydrogens (primary N) is 1. The maximum absolute atomic E-state index is 5.96. The zero-order valence-corrected chi connectivity index (χ0v) is 13.5. The number of nitrogens with zero attached hydrogens (tertiary/aromatic N) is 2. The van der Waals surface area contributed by atoms with Crippen LogP contribution in [-0.2, 0) is 12.0 Å². The zero-order chi connectivity index (χ0) is 15.6. The summed E-state index contributed by atoms with van der Waals surface area (Å²) in [6, 6.07) is 7.52. The van der Waals surface area contributed by atoms with E-state index in [1.54, 1.807) is 0 Å². The molecule has 0 saturated heterocycles. The highest BCUT2D eigenvalue weighted by Crippen LogP contribution is 2.26. The summed E-state index contributed by atoms with van der Waals surface area (Å²) in [5.74, 6) is 1.67. The van der Waals surface area contributed by atoms with Crippen LogP contribution in [0.25, 0.3) is 0 Å². The Hall–Kier alpha value is -1.81. The number of nitrogen functional groups attached to an aromatic ring is 1. The van der Waals surface area contributed by atoms with Gasteiger partial charge in [0.2, 0.25) is 5.88 Å². The third-order valence-electron chi connectivity index (χ3n) is 3.10. The Bertz CT molecular complexity index is 633. The van der Waals surface area contributed by atoms with Crippen molar-refractivity contribution in [3.8, 4) is 5.88 Å². The van der Waals surface area contributed by atoms with Crippen molar-refractivity contribution in [2.75, 3.05) is 5.73 Å². The van der Waals surface area contributed by atoms with Gasteiger partial charge < -0.3 is 10.5 Å². The Labute approximate surface area is 130 Å². The second-order valence-corrected chi connectivity index (χ2v) is 6.46. The average molecular weight is 306 g/mol. The van der Waals surface area contributed by atoms with Gasteiger partial charge in [0.15, 0.2) is 0 Å². The van der Waals surface area contributed by atoms with E-state index < -0.39 is 0 Å². The van der Waals surface area contributed by atoms with Gasteiger partial charge in [-0.25, -0.2) is 4.98 Å². The molecule has 21 heavy (non-hydrogen) atoms. The molecule has 0 atom stereocenters. The van der Waals surface area contributed by atoms with Gasteiger partial charge in [-0.2, -0.15) is 4.98 Å². The minimum Gasteiger partial charge on any atom is -0.472 e. The fraction of sp³-hybridized carbons (Fsp3) is 0.375. The maximum Gasteiger partial charge on any atom is 0.222 e. The van der Waals surface area contributed by atoms with Gasteiger partial charge in [0.25, 0.3) is 0 Å². The first-order valence-electron chi connectivity index (χ1n) is 6.79. The molecule has 0 saturated carbocycles. The van der Waals surface area contributed by atoms with Crippen LogP contribution < -0.4 is 10.5 Å². The summed E-state index contributed by atoms with van der Waals surface area (Å²) >= 11 is 5.87. The van der Waals surface area contributed by atoms with Gasteiger partial charge in [0.1, 0.15) is 18.2 Å². The first-order valence-corrected chi connectivity index (χ1v) is 7.17. The quantitative estimate of drug-likeness (QED) is 0.934. The Morgan fingerprint density at radius 3 is 2.33 bits per heavy atom. The third-order valence-corrected chi connectivity index (χ3v) is 3.35. The molecule has 1 aromatic carbocycles. The molecule has 0 unspecified atom stereocenters. The van der Waals surface area contributed by atoms with Crippen LogP contribution in [0.5, 0.6) is 5.88 Å². The molecule has 1 heterocycles. The maximum atomic E-state index is 5.96. The number of benzene rings is 1. The number of hydrogen-bond acceptors (Lipinski definition) is 4. The van der Waals surface area contributed by atoms with Crippen LogP contribution >= 0.6 is 11.6 Å². The van der Waals surface area contributed by atoms with Crippen LogP contribution in [0.3, 0.4) is 0 Å². The van der Waals surface area contributed by atoms with Gasteiger partial charge in [0, 0.05) is 10.4 Å². The molecule has 4 nitrogen and oxygen atoms in total. The molecule has 112 valence electrons. The third kappa shape index (κ3) is 3.85. The smallest absolute Gasteiger partial charge is 0.222 e. The number of halogens is 1. The number of rotatable bonds is 3. The van der Waals surface area contributed by atoms with E-state index in [4.69, 9.17) is 22.1 Å². The second-order valence-electron chi connectivity index (χ2n) is 6.03. The van der Waals surface area contributed by atoms with Crippen molar-refractivity contribution >= 4 is 17.4 Å². The van der Waals surface area contributed by atoms with Gasteiger partial charge in [-0.15, -0.1) is 0 Å². The van der Waals surface area contributed by atoms with E-state index in [2.05, 4.69) is 9.97 Å². The Morgan fingerprint density at radius 1 is 1.14 bits per heavy atom. The second kappa shape index (κ2) is 5.90. The molecule has 0 spiro atoms. The Kier molecular flexibility index (Phi) is 4.37. The van der Waals surface area contributed by atoms with Crippen molar-refractivity contribution in [3.63, 3.8) is 0 Å².